The Morgan fingerprint density at radius 2 is 1.83 bits per heavy atom. The lowest BCUT2D eigenvalue weighted by molar-refractivity contribution is 0.408. The lowest BCUT2D eigenvalue weighted by atomic mass is 10.2. The molecular weight excluding hydrogens is 248 g/mol. The quantitative estimate of drug-likeness (QED) is 0.781. The molecular formula is C13H18N2O2S. The Morgan fingerprint density at radius 3 is 2.33 bits per heavy atom. The van der Waals surface area contributed by atoms with Gasteiger partial charge in [-0.25, -0.2) is 8.42 Å². The largest absolute Gasteiger partial charge is 0.309 e. The molecule has 0 saturated carbocycles. The van der Waals surface area contributed by atoms with Crippen molar-refractivity contribution in [3.05, 3.63) is 35.4 Å². The number of nitriles is 1. The van der Waals surface area contributed by atoms with Gasteiger partial charge in [-0.05, 0) is 44.8 Å². The zero-order chi connectivity index (χ0) is 13.6. The summed E-state index contributed by atoms with van der Waals surface area (Å²) in [6.45, 7) is 0.770. The molecule has 0 heterocycles. The van der Waals surface area contributed by atoms with Crippen LogP contribution in [-0.4, -0.2) is 39.7 Å². The van der Waals surface area contributed by atoms with Gasteiger partial charge in [0.1, 0.15) is 0 Å². The molecule has 18 heavy (non-hydrogen) atoms. The van der Waals surface area contributed by atoms with Gasteiger partial charge >= 0.3 is 0 Å². The Hall–Kier alpha value is -1.38. The summed E-state index contributed by atoms with van der Waals surface area (Å²) >= 11 is 0. The zero-order valence-electron chi connectivity index (χ0n) is 10.8. The topological polar surface area (TPSA) is 61.2 Å². The smallest absolute Gasteiger partial charge is 0.154 e. The van der Waals surface area contributed by atoms with E-state index >= 15 is 0 Å². The fourth-order valence-corrected chi connectivity index (χ4v) is 3.02. The van der Waals surface area contributed by atoms with Crippen LogP contribution in [0.1, 0.15) is 17.5 Å². The van der Waals surface area contributed by atoms with Gasteiger partial charge in [0.05, 0.1) is 23.1 Å². The highest BCUT2D eigenvalue weighted by Crippen LogP contribution is 2.09. The Morgan fingerprint density at radius 1 is 1.22 bits per heavy atom. The third-order valence-electron chi connectivity index (χ3n) is 2.53. The van der Waals surface area contributed by atoms with Gasteiger partial charge in [0, 0.05) is 0 Å². The van der Waals surface area contributed by atoms with Crippen LogP contribution in [0, 0.1) is 11.3 Å². The molecule has 0 spiro atoms. The SMILES string of the molecule is CN(C)CCCS(=O)(=O)Cc1ccc(C#N)cc1. The van der Waals surface area contributed by atoms with Crippen LogP contribution in [0.25, 0.3) is 0 Å². The van der Waals surface area contributed by atoms with Crippen LogP contribution in [0.2, 0.25) is 0 Å². The molecule has 1 rings (SSSR count). The molecule has 0 saturated heterocycles. The van der Waals surface area contributed by atoms with E-state index in [0.717, 1.165) is 12.1 Å². The molecule has 0 radical (unpaired) electrons. The van der Waals surface area contributed by atoms with E-state index in [2.05, 4.69) is 0 Å². The van der Waals surface area contributed by atoms with Crippen molar-refractivity contribution in [2.75, 3.05) is 26.4 Å². The molecule has 0 aliphatic carbocycles. The summed E-state index contributed by atoms with van der Waals surface area (Å²) in [5.74, 6) is 0.247. The van der Waals surface area contributed by atoms with Crippen molar-refractivity contribution < 1.29 is 8.42 Å². The monoisotopic (exact) mass is 266 g/mol. The van der Waals surface area contributed by atoms with Gasteiger partial charge in [-0.15, -0.1) is 0 Å². The summed E-state index contributed by atoms with van der Waals surface area (Å²) < 4.78 is 23.7. The second-order valence-corrected chi connectivity index (χ2v) is 6.74. The van der Waals surface area contributed by atoms with E-state index in [1.807, 2.05) is 25.1 Å². The second kappa shape index (κ2) is 6.53. The lowest BCUT2D eigenvalue weighted by Gasteiger charge is -2.09. The van der Waals surface area contributed by atoms with Gasteiger partial charge in [0.15, 0.2) is 9.84 Å². The Labute approximate surface area is 109 Å². The first-order valence-electron chi connectivity index (χ1n) is 5.77. The van der Waals surface area contributed by atoms with Gasteiger partial charge in [0.2, 0.25) is 0 Å². The zero-order valence-corrected chi connectivity index (χ0v) is 11.6. The Kier molecular flexibility index (Phi) is 5.32. The predicted molar refractivity (Wildman–Crippen MR) is 71.8 cm³/mol. The van der Waals surface area contributed by atoms with Crippen molar-refractivity contribution in [2.24, 2.45) is 0 Å². The van der Waals surface area contributed by atoms with E-state index in [-0.39, 0.29) is 11.5 Å². The van der Waals surface area contributed by atoms with Crippen molar-refractivity contribution in [1.29, 1.82) is 5.26 Å². The van der Waals surface area contributed by atoms with Gasteiger partial charge in [-0.2, -0.15) is 5.26 Å². The first kappa shape index (κ1) is 14.7. The van der Waals surface area contributed by atoms with Crippen LogP contribution in [0.5, 0.6) is 0 Å². The molecule has 0 bridgehead atoms. The molecule has 4 nitrogen and oxygen atoms in total. The normalized spacial score (nSPS) is 11.4. The number of hydrogen-bond donors (Lipinski definition) is 0. The highest BCUT2D eigenvalue weighted by Gasteiger charge is 2.11. The average Bonchev–Trinajstić information content (AvgIpc) is 2.28. The summed E-state index contributed by atoms with van der Waals surface area (Å²) in [4.78, 5) is 1.97. The first-order valence-corrected chi connectivity index (χ1v) is 7.59. The van der Waals surface area contributed by atoms with Gasteiger partial charge in [-0.1, -0.05) is 12.1 Å². The molecule has 0 aliphatic heterocycles. The maximum atomic E-state index is 11.9. The standard InChI is InChI=1S/C13H18N2O2S/c1-15(2)8-3-9-18(16,17)11-13-6-4-12(10-14)5-7-13/h4-7H,3,8-9,11H2,1-2H3. The van der Waals surface area contributed by atoms with Gasteiger partial charge < -0.3 is 4.90 Å². The van der Waals surface area contributed by atoms with Crippen LogP contribution < -0.4 is 0 Å². The Bertz CT molecular complexity index is 513. The summed E-state index contributed by atoms with van der Waals surface area (Å²) in [6, 6.07) is 8.69. The molecule has 0 unspecified atom stereocenters. The minimum absolute atomic E-state index is 0.0478. The molecule has 0 fully saturated rings. The first-order chi connectivity index (χ1) is 8.43. The highest BCUT2D eigenvalue weighted by molar-refractivity contribution is 7.90. The maximum absolute atomic E-state index is 11.9. The molecule has 0 aromatic heterocycles. The van der Waals surface area contributed by atoms with E-state index in [1.54, 1.807) is 24.3 Å². The second-order valence-electron chi connectivity index (χ2n) is 4.56. The fraction of sp³-hybridized carbons (Fsp3) is 0.462. The summed E-state index contributed by atoms with van der Waals surface area (Å²) in [5.41, 5.74) is 1.28. The van der Waals surface area contributed by atoms with Crippen molar-refractivity contribution in [3.63, 3.8) is 0 Å². The van der Waals surface area contributed by atoms with E-state index in [1.165, 1.54) is 0 Å². The molecule has 98 valence electrons. The van der Waals surface area contributed by atoms with Gasteiger partial charge in [-0.3, -0.25) is 0 Å². The third-order valence-corrected chi connectivity index (χ3v) is 4.21. The minimum Gasteiger partial charge on any atom is -0.309 e. The number of rotatable bonds is 6. The molecule has 0 N–H and O–H groups in total. The van der Waals surface area contributed by atoms with Crippen molar-refractivity contribution in [1.82, 2.24) is 4.90 Å². The van der Waals surface area contributed by atoms with Crippen molar-refractivity contribution in [3.8, 4) is 6.07 Å². The van der Waals surface area contributed by atoms with Crippen LogP contribution >= 0.6 is 0 Å². The predicted octanol–water partition coefficient (Wildman–Crippen LogP) is 1.42. The molecule has 0 amide bonds. The lowest BCUT2D eigenvalue weighted by Crippen LogP contribution is -2.18. The van der Waals surface area contributed by atoms with E-state index in [9.17, 15) is 8.42 Å². The number of hydrogen-bond acceptors (Lipinski definition) is 4. The van der Waals surface area contributed by atoms with Crippen LogP contribution in [0.4, 0.5) is 0 Å². The highest BCUT2D eigenvalue weighted by atomic mass is 32.2. The number of nitrogens with zero attached hydrogens (tertiary/aromatic N) is 2. The summed E-state index contributed by atoms with van der Waals surface area (Å²) in [5, 5.41) is 8.66. The van der Waals surface area contributed by atoms with Gasteiger partial charge in [0.25, 0.3) is 0 Å². The Balaban J connectivity index is 2.57. The van der Waals surface area contributed by atoms with Crippen molar-refractivity contribution in [2.45, 2.75) is 12.2 Å². The van der Waals surface area contributed by atoms with E-state index in [4.69, 9.17) is 5.26 Å². The molecule has 0 aliphatic rings. The summed E-state index contributed by atoms with van der Waals surface area (Å²) in [6.07, 6.45) is 0.644. The maximum Gasteiger partial charge on any atom is 0.154 e. The fourth-order valence-electron chi connectivity index (χ4n) is 1.60. The number of sulfone groups is 1. The van der Waals surface area contributed by atoms with Crippen molar-refractivity contribution >= 4 is 9.84 Å². The average molecular weight is 266 g/mol. The van der Waals surface area contributed by atoms with E-state index < -0.39 is 9.84 Å². The van der Waals surface area contributed by atoms with Crippen LogP contribution in [0.15, 0.2) is 24.3 Å². The minimum atomic E-state index is -3.06. The molecule has 5 heteroatoms. The number of benzene rings is 1. The van der Waals surface area contributed by atoms with Crippen LogP contribution in [0.3, 0.4) is 0 Å². The molecule has 1 aromatic carbocycles. The molecule has 0 atom stereocenters. The van der Waals surface area contributed by atoms with Crippen LogP contribution in [-0.2, 0) is 15.6 Å². The van der Waals surface area contributed by atoms with E-state index in [0.29, 0.717) is 12.0 Å². The third kappa shape index (κ3) is 5.30. The summed E-state index contributed by atoms with van der Waals surface area (Å²) in [7, 11) is 0.788. The molecule has 1 aromatic rings.